The Morgan fingerprint density at radius 2 is 2.09 bits per heavy atom. The summed E-state index contributed by atoms with van der Waals surface area (Å²) in [7, 11) is 0. The van der Waals surface area contributed by atoms with Gasteiger partial charge in [0.25, 0.3) is 0 Å². The normalized spacial score (nSPS) is 11.0. The van der Waals surface area contributed by atoms with Crippen LogP contribution < -0.4 is 15.6 Å². The standard InChI is InChI=1S/C13H16N6O3/c1-13(2,3)18-17-11-10(19(20)21)12(16-8-15-11)22-9-5-4-6-14-7-9/h4-8,18H,1-3H3,(H,15,16,17). The molecule has 2 heterocycles. The molecule has 0 saturated heterocycles. The van der Waals surface area contributed by atoms with Gasteiger partial charge in [-0.2, -0.15) is 4.98 Å². The van der Waals surface area contributed by atoms with Crippen molar-refractivity contribution in [3.8, 4) is 11.6 Å². The molecule has 0 saturated carbocycles. The van der Waals surface area contributed by atoms with E-state index in [2.05, 4.69) is 25.8 Å². The monoisotopic (exact) mass is 304 g/mol. The van der Waals surface area contributed by atoms with Crippen molar-refractivity contribution in [1.82, 2.24) is 20.4 Å². The van der Waals surface area contributed by atoms with E-state index >= 15 is 0 Å². The molecule has 2 N–H and O–H groups in total. The van der Waals surface area contributed by atoms with Gasteiger partial charge in [0.15, 0.2) is 0 Å². The fraction of sp³-hybridized carbons (Fsp3) is 0.308. The highest BCUT2D eigenvalue weighted by Gasteiger charge is 2.26. The third-order valence-corrected chi connectivity index (χ3v) is 2.38. The van der Waals surface area contributed by atoms with Gasteiger partial charge in [-0.3, -0.25) is 20.5 Å². The molecule has 0 bridgehead atoms. The largest absolute Gasteiger partial charge is 0.432 e. The SMILES string of the molecule is CC(C)(C)NNc1ncnc(Oc2cccnc2)c1[N+](=O)[O-]. The van der Waals surface area contributed by atoms with Crippen molar-refractivity contribution in [2.24, 2.45) is 0 Å². The van der Waals surface area contributed by atoms with Crippen LogP contribution in [-0.2, 0) is 0 Å². The Bertz CT molecular complexity index is 657. The number of ether oxygens (including phenoxy) is 1. The molecule has 0 fully saturated rings. The molecular weight excluding hydrogens is 288 g/mol. The van der Waals surface area contributed by atoms with E-state index in [1.165, 1.54) is 12.5 Å². The van der Waals surface area contributed by atoms with Crippen molar-refractivity contribution in [3.05, 3.63) is 41.0 Å². The number of hydrogen-bond acceptors (Lipinski definition) is 8. The van der Waals surface area contributed by atoms with Crippen molar-refractivity contribution < 1.29 is 9.66 Å². The lowest BCUT2D eigenvalue weighted by atomic mass is 10.1. The van der Waals surface area contributed by atoms with Gasteiger partial charge < -0.3 is 4.74 Å². The minimum absolute atomic E-state index is 0.0221. The number of nitrogens with zero attached hydrogens (tertiary/aromatic N) is 4. The van der Waals surface area contributed by atoms with Crippen LogP contribution in [0.4, 0.5) is 11.5 Å². The van der Waals surface area contributed by atoms with Gasteiger partial charge >= 0.3 is 11.6 Å². The highest BCUT2D eigenvalue weighted by Crippen LogP contribution is 2.33. The average molecular weight is 304 g/mol. The lowest BCUT2D eigenvalue weighted by molar-refractivity contribution is -0.385. The Balaban J connectivity index is 2.32. The number of nitrogens with one attached hydrogen (secondary N) is 2. The number of aromatic nitrogens is 3. The third kappa shape index (κ3) is 4.09. The summed E-state index contributed by atoms with van der Waals surface area (Å²) >= 11 is 0. The molecule has 0 aliphatic carbocycles. The van der Waals surface area contributed by atoms with E-state index in [1.807, 2.05) is 20.8 Å². The second-order valence-corrected chi connectivity index (χ2v) is 5.42. The molecule has 0 aromatic carbocycles. The molecule has 0 radical (unpaired) electrons. The van der Waals surface area contributed by atoms with Crippen molar-refractivity contribution in [2.45, 2.75) is 26.3 Å². The van der Waals surface area contributed by atoms with Crippen molar-refractivity contribution in [3.63, 3.8) is 0 Å². The fourth-order valence-electron chi connectivity index (χ4n) is 1.46. The highest BCUT2D eigenvalue weighted by molar-refractivity contribution is 5.61. The minimum atomic E-state index is -0.599. The van der Waals surface area contributed by atoms with Crippen LogP contribution in [0.25, 0.3) is 0 Å². The zero-order valence-electron chi connectivity index (χ0n) is 12.4. The van der Waals surface area contributed by atoms with Crippen molar-refractivity contribution in [2.75, 3.05) is 5.43 Å². The molecule has 0 spiro atoms. The third-order valence-electron chi connectivity index (χ3n) is 2.38. The Labute approximate surface area is 126 Å². The second kappa shape index (κ2) is 6.31. The molecular formula is C13H16N6O3. The molecule has 2 rings (SSSR count). The van der Waals surface area contributed by atoms with Crippen molar-refractivity contribution >= 4 is 11.5 Å². The fourth-order valence-corrected chi connectivity index (χ4v) is 1.46. The average Bonchev–Trinajstić information content (AvgIpc) is 2.45. The maximum absolute atomic E-state index is 11.3. The van der Waals surface area contributed by atoms with Gasteiger partial charge in [-0.1, -0.05) is 0 Å². The first-order valence-corrected chi connectivity index (χ1v) is 6.47. The van der Waals surface area contributed by atoms with Gasteiger partial charge in [0.1, 0.15) is 12.1 Å². The first kappa shape index (κ1) is 15.6. The summed E-state index contributed by atoms with van der Waals surface area (Å²) in [5, 5.41) is 11.3. The Kier molecular flexibility index (Phi) is 4.47. The summed E-state index contributed by atoms with van der Waals surface area (Å²) in [5.74, 6) is 0.207. The smallest absolute Gasteiger partial charge is 0.374 e. The number of hydrogen-bond donors (Lipinski definition) is 2. The summed E-state index contributed by atoms with van der Waals surface area (Å²) < 4.78 is 5.42. The Hall–Kier alpha value is -2.81. The van der Waals surface area contributed by atoms with Crippen LogP contribution in [0.2, 0.25) is 0 Å². The quantitative estimate of drug-likeness (QED) is 0.638. The van der Waals surface area contributed by atoms with Crippen LogP contribution in [0, 0.1) is 10.1 Å². The van der Waals surface area contributed by atoms with Gasteiger partial charge in [0.2, 0.25) is 5.82 Å². The summed E-state index contributed by atoms with van der Waals surface area (Å²) in [6.07, 6.45) is 4.19. The number of nitro groups is 1. The van der Waals surface area contributed by atoms with Gasteiger partial charge in [-0.25, -0.2) is 10.4 Å². The van der Waals surface area contributed by atoms with E-state index in [4.69, 9.17) is 4.74 Å². The first-order valence-electron chi connectivity index (χ1n) is 6.47. The predicted molar refractivity (Wildman–Crippen MR) is 79.5 cm³/mol. The molecule has 0 amide bonds. The van der Waals surface area contributed by atoms with E-state index < -0.39 is 4.92 Å². The van der Waals surface area contributed by atoms with Gasteiger partial charge in [0.05, 0.1) is 11.1 Å². The van der Waals surface area contributed by atoms with E-state index in [9.17, 15) is 10.1 Å². The second-order valence-electron chi connectivity index (χ2n) is 5.42. The molecule has 22 heavy (non-hydrogen) atoms. The lowest BCUT2D eigenvalue weighted by Crippen LogP contribution is -2.40. The molecule has 9 nitrogen and oxygen atoms in total. The van der Waals surface area contributed by atoms with E-state index in [1.54, 1.807) is 18.3 Å². The number of hydrazine groups is 1. The molecule has 116 valence electrons. The number of pyridine rings is 1. The van der Waals surface area contributed by atoms with Crippen molar-refractivity contribution in [1.29, 1.82) is 0 Å². The zero-order valence-corrected chi connectivity index (χ0v) is 12.4. The van der Waals surface area contributed by atoms with Gasteiger partial charge in [-0.15, -0.1) is 0 Å². The summed E-state index contributed by atoms with van der Waals surface area (Å²) in [6.45, 7) is 5.71. The molecule has 2 aromatic heterocycles. The zero-order chi connectivity index (χ0) is 16.2. The van der Waals surface area contributed by atoms with E-state index in [-0.39, 0.29) is 22.9 Å². The molecule has 0 aliphatic heterocycles. The van der Waals surface area contributed by atoms with Crippen LogP contribution in [-0.4, -0.2) is 25.4 Å². The molecule has 9 heteroatoms. The lowest BCUT2D eigenvalue weighted by Gasteiger charge is -2.21. The van der Waals surface area contributed by atoms with Gasteiger partial charge in [-0.05, 0) is 32.9 Å². The van der Waals surface area contributed by atoms with Crippen LogP contribution in [0.1, 0.15) is 20.8 Å². The van der Waals surface area contributed by atoms with Crippen LogP contribution in [0.5, 0.6) is 11.6 Å². The number of anilines is 1. The minimum Gasteiger partial charge on any atom is -0.432 e. The van der Waals surface area contributed by atoms with E-state index in [0.29, 0.717) is 5.75 Å². The van der Waals surface area contributed by atoms with Crippen LogP contribution >= 0.6 is 0 Å². The summed E-state index contributed by atoms with van der Waals surface area (Å²) in [6, 6.07) is 3.28. The topological polar surface area (TPSA) is 115 Å². The van der Waals surface area contributed by atoms with Crippen LogP contribution in [0.15, 0.2) is 30.9 Å². The summed E-state index contributed by atoms with van der Waals surface area (Å²) in [5.41, 5.74) is 4.97. The molecule has 2 aromatic rings. The predicted octanol–water partition coefficient (Wildman–Crippen LogP) is 2.29. The summed E-state index contributed by atoms with van der Waals surface area (Å²) in [4.78, 5) is 22.3. The highest BCUT2D eigenvalue weighted by atomic mass is 16.6. The van der Waals surface area contributed by atoms with E-state index in [0.717, 1.165) is 0 Å². The molecule has 0 unspecified atom stereocenters. The molecule has 0 atom stereocenters. The van der Waals surface area contributed by atoms with Gasteiger partial charge in [0, 0.05) is 11.7 Å². The number of rotatable bonds is 5. The maximum atomic E-state index is 11.3. The maximum Gasteiger partial charge on any atom is 0.374 e. The Morgan fingerprint density at radius 3 is 2.68 bits per heavy atom. The van der Waals surface area contributed by atoms with Crippen LogP contribution in [0.3, 0.4) is 0 Å². The molecule has 0 aliphatic rings. The Morgan fingerprint density at radius 1 is 1.32 bits per heavy atom. The first-order chi connectivity index (χ1) is 10.4.